The van der Waals surface area contributed by atoms with Gasteiger partial charge >= 0.3 is 5.97 Å². The lowest BCUT2D eigenvalue weighted by molar-refractivity contribution is 0.0593. The Morgan fingerprint density at radius 2 is 2.05 bits per heavy atom. The molecule has 1 aromatic heterocycles. The molecule has 2 heterocycles. The number of benzene rings is 1. The molecule has 1 aliphatic rings. The molecule has 0 N–H and O–H groups in total. The molecule has 19 heavy (non-hydrogen) atoms. The quantitative estimate of drug-likeness (QED) is 0.776. The summed E-state index contributed by atoms with van der Waals surface area (Å²) in [6, 6.07) is 9.98. The number of nitrogens with zero attached hydrogens (tertiary/aromatic N) is 2. The summed E-state index contributed by atoms with van der Waals surface area (Å²) in [5.74, 6) is 0.531. The number of ether oxygens (including phenoxy) is 1. The van der Waals surface area contributed by atoms with E-state index in [0.29, 0.717) is 5.69 Å². The van der Waals surface area contributed by atoms with Gasteiger partial charge in [0.1, 0.15) is 5.82 Å². The van der Waals surface area contributed by atoms with Gasteiger partial charge in [0.05, 0.1) is 12.8 Å². The van der Waals surface area contributed by atoms with Crippen LogP contribution in [0.4, 0.5) is 0 Å². The van der Waals surface area contributed by atoms with Crippen molar-refractivity contribution in [1.82, 2.24) is 9.55 Å². The van der Waals surface area contributed by atoms with Crippen LogP contribution in [-0.2, 0) is 17.7 Å². The van der Waals surface area contributed by atoms with E-state index in [0.717, 1.165) is 42.9 Å². The Morgan fingerprint density at radius 1 is 1.26 bits per heavy atom. The second kappa shape index (κ2) is 4.88. The first kappa shape index (κ1) is 12.0. The van der Waals surface area contributed by atoms with Crippen molar-refractivity contribution in [1.29, 1.82) is 0 Å². The first-order valence-corrected chi connectivity index (χ1v) is 6.54. The predicted molar refractivity (Wildman–Crippen MR) is 71.9 cm³/mol. The molecule has 2 aromatic rings. The maximum atomic E-state index is 11.8. The van der Waals surface area contributed by atoms with Crippen LogP contribution in [0.25, 0.3) is 11.4 Å². The van der Waals surface area contributed by atoms with Crippen molar-refractivity contribution in [3.05, 3.63) is 41.7 Å². The van der Waals surface area contributed by atoms with Crippen LogP contribution in [0.15, 0.2) is 30.3 Å². The van der Waals surface area contributed by atoms with E-state index in [9.17, 15) is 4.79 Å². The van der Waals surface area contributed by atoms with Crippen LogP contribution in [-0.4, -0.2) is 22.6 Å². The van der Waals surface area contributed by atoms with Crippen molar-refractivity contribution in [3.63, 3.8) is 0 Å². The van der Waals surface area contributed by atoms with Crippen molar-refractivity contribution < 1.29 is 9.53 Å². The summed E-state index contributed by atoms with van der Waals surface area (Å²) in [7, 11) is 1.40. The molecule has 3 rings (SSSR count). The number of esters is 1. The monoisotopic (exact) mass is 256 g/mol. The van der Waals surface area contributed by atoms with Gasteiger partial charge in [-0.2, -0.15) is 0 Å². The molecule has 0 atom stereocenters. The minimum absolute atomic E-state index is 0.340. The zero-order valence-corrected chi connectivity index (χ0v) is 10.9. The van der Waals surface area contributed by atoms with Crippen LogP contribution in [0.5, 0.6) is 0 Å². The van der Waals surface area contributed by atoms with Crippen molar-refractivity contribution >= 4 is 5.97 Å². The Morgan fingerprint density at radius 3 is 2.79 bits per heavy atom. The number of carbonyl (C=O) groups excluding carboxylic acids is 1. The Labute approximate surface area is 112 Å². The van der Waals surface area contributed by atoms with Gasteiger partial charge in [0, 0.05) is 12.1 Å². The number of methoxy groups -OCH3 is 1. The lowest BCUT2D eigenvalue weighted by atomic mass is 10.1. The van der Waals surface area contributed by atoms with Gasteiger partial charge in [0.15, 0.2) is 5.69 Å². The zero-order chi connectivity index (χ0) is 13.2. The fourth-order valence-corrected chi connectivity index (χ4v) is 2.61. The summed E-state index contributed by atoms with van der Waals surface area (Å²) in [6.45, 7) is 0.920. The van der Waals surface area contributed by atoms with Gasteiger partial charge in [-0.3, -0.25) is 0 Å². The van der Waals surface area contributed by atoms with Crippen LogP contribution >= 0.6 is 0 Å². The van der Waals surface area contributed by atoms with Crippen molar-refractivity contribution in [3.8, 4) is 11.4 Å². The fourth-order valence-electron chi connectivity index (χ4n) is 2.61. The number of aromatic nitrogens is 2. The summed E-state index contributed by atoms with van der Waals surface area (Å²) >= 11 is 0. The zero-order valence-electron chi connectivity index (χ0n) is 10.9. The molecular formula is C15H16N2O2. The third-order valence-corrected chi connectivity index (χ3v) is 3.53. The number of rotatable bonds is 2. The molecule has 1 aliphatic heterocycles. The largest absolute Gasteiger partial charge is 0.464 e. The highest BCUT2D eigenvalue weighted by Crippen LogP contribution is 2.27. The van der Waals surface area contributed by atoms with E-state index in [2.05, 4.69) is 9.55 Å². The minimum atomic E-state index is -0.340. The average Bonchev–Trinajstić information content (AvgIpc) is 2.87. The summed E-state index contributed by atoms with van der Waals surface area (Å²) in [5, 5.41) is 0. The predicted octanol–water partition coefficient (Wildman–Crippen LogP) is 2.67. The third kappa shape index (κ3) is 2.03. The lowest BCUT2D eigenvalue weighted by Crippen LogP contribution is -2.14. The van der Waals surface area contributed by atoms with Crippen LogP contribution < -0.4 is 0 Å². The molecule has 0 spiro atoms. The second-order valence-corrected chi connectivity index (χ2v) is 4.70. The highest BCUT2D eigenvalue weighted by Gasteiger charge is 2.25. The van der Waals surface area contributed by atoms with E-state index in [-0.39, 0.29) is 5.97 Å². The highest BCUT2D eigenvalue weighted by atomic mass is 16.5. The normalized spacial score (nSPS) is 13.9. The fraction of sp³-hybridized carbons (Fsp3) is 0.333. The number of carbonyl (C=O) groups is 1. The minimum Gasteiger partial charge on any atom is -0.464 e. The maximum absolute atomic E-state index is 11.8. The van der Waals surface area contributed by atoms with Crippen LogP contribution in [0.2, 0.25) is 0 Å². The molecule has 0 aliphatic carbocycles. The number of fused-ring (bicyclic) bond motifs is 1. The van der Waals surface area contributed by atoms with E-state index >= 15 is 0 Å². The lowest BCUT2D eigenvalue weighted by Gasteiger charge is -2.17. The van der Waals surface area contributed by atoms with Gasteiger partial charge in [0.2, 0.25) is 0 Å². The van der Waals surface area contributed by atoms with Crippen molar-refractivity contribution in [2.75, 3.05) is 7.11 Å². The molecule has 98 valence electrons. The molecule has 4 nitrogen and oxygen atoms in total. The van der Waals surface area contributed by atoms with Crippen molar-refractivity contribution in [2.45, 2.75) is 25.8 Å². The first-order chi connectivity index (χ1) is 9.31. The second-order valence-electron chi connectivity index (χ2n) is 4.70. The standard InChI is InChI=1S/C15H16N2O2/c1-19-15(18)13-12-9-5-6-10-17(12)14(16-13)11-7-3-2-4-8-11/h2-4,7-8H,5-6,9-10H2,1H3. The summed E-state index contributed by atoms with van der Waals surface area (Å²) in [5.41, 5.74) is 2.53. The van der Waals surface area contributed by atoms with Crippen LogP contribution in [0, 0.1) is 0 Å². The molecule has 1 aromatic carbocycles. The molecule has 0 unspecified atom stereocenters. The molecule has 0 amide bonds. The van der Waals surface area contributed by atoms with Gasteiger partial charge in [-0.25, -0.2) is 9.78 Å². The smallest absolute Gasteiger partial charge is 0.358 e. The SMILES string of the molecule is COC(=O)c1nc(-c2ccccc2)n2c1CCCC2. The molecule has 4 heteroatoms. The number of hydrogen-bond donors (Lipinski definition) is 0. The van der Waals surface area contributed by atoms with Crippen molar-refractivity contribution in [2.24, 2.45) is 0 Å². The van der Waals surface area contributed by atoms with Gasteiger partial charge < -0.3 is 9.30 Å². The Hall–Kier alpha value is -2.10. The van der Waals surface area contributed by atoms with E-state index in [1.54, 1.807) is 0 Å². The molecule has 0 radical (unpaired) electrons. The number of imidazole rings is 1. The van der Waals surface area contributed by atoms with E-state index in [1.165, 1.54) is 7.11 Å². The third-order valence-electron chi connectivity index (χ3n) is 3.53. The first-order valence-electron chi connectivity index (χ1n) is 6.54. The van der Waals surface area contributed by atoms with Crippen LogP contribution in [0.3, 0.4) is 0 Å². The average molecular weight is 256 g/mol. The number of hydrogen-bond acceptors (Lipinski definition) is 3. The molecule has 0 fully saturated rings. The summed E-state index contributed by atoms with van der Waals surface area (Å²) < 4.78 is 6.99. The molecule has 0 bridgehead atoms. The van der Waals surface area contributed by atoms with Crippen LogP contribution in [0.1, 0.15) is 29.0 Å². The van der Waals surface area contributed by atoms with Gasteiger partial charge in [-0.1, -0.05) is 30.3 Å². The van der Waals surface area contributed by atoms with E-state index < -0.39 is 0 Å². The van der Waals surface area contributed by atoms with Gasteiger partial charge in [-0.15, -0.1) is 0 Å². The van der Waals surface area contributed by atoms with Gasteiger partial charge in [-0.05, 0) is 19.3 Å². The van der Waals surface area contributed by atoms with E-state index in [4.69, 9.17) is 4.74 Å². The summed E-state index contributed by atoms with van der Waals surface area (Å²) in [4.78, 5) is 16.4. The molecule has 0 saturated carbocycles. The topological polar surface area (TPSA) is 44.1 Å². The summed E-state index contributed by atoms with van der Waals surface area (Å²) in [6.07, 6.45) is 3.12. The Balaban J connectivity index is 2.15. The van der Waals surface area contributed by atoms with E-state index in [1.807, 2.05) is 30.3 Å². The molecule has 0 saturated heterocycles. The Bertz CT molecular complexity index is 602. The Kier molecular flexibility index (Phi) is 3.07. The maximum Gasteiger partial charge on any atom is 0.358 e. The highest BCUT2D eigenvalue weighted by molar-refractivity contribution is 5.89. The van der Waals surface area contributed by atoms with Gasteiger partial charge in [0.25, 0.3) is 0 Å². The molecular weight excluding hydrogens is 240 g/mol.